The van der Waals surface area contributed by atoms with Crippen molar-refractivity contribution in [2.45, 2.75) is 17.2 Å². The summed E-state index contributed by atoms with van der Waals surface area (Å²) in [6.45, 7) is 1.27. The maximum absolute atomic E-state index is 11.6. The molecule has 5 nitrogen and oxygen atoms in total. The molecule has 1 aromatic rings. The van der Waals surface area contributed by atoms with E-state index in [9.17, 15) is 13.2 Å². The molecule has 0 fully saturated rings. The summed E-state index contributed by atoms with van der Waals surface area (Å²) in [4.78, 5) is 10.5. The van der Waals surface area contributed by atoms with Crippen molar-refractivity contribution in [3.05, 3.63) is 15.9 Å². The molecule has 1 heterocycles. The van der Waals surface area contributed by atoms with E-state index in [1.807, 2.05) is 4.72 Å². The standard InChI is InChI=1S/C7H8BrNO4S2/c1-4(7(10)11)9-15(12,13)6-3-2-5(8)14-6/h2-4,9H,1H3,(H,10,11)/t4-/m1/s1. The number of rotatable bonds is 4. The lowest BCUT2D eigenvalue weighted by atomic mass is 10.4. The molecule has 2 N–H and O–H groups in total. The average Bonchev–Trinajstić information content (AvgIpc) is 2.51. The largest absolute Gasteiger partial charge is 0.480 e. The first kappa shape index (κ1) is 12.6. The molecule has 84 valence electrons. The number of nitrogens with one attached hydrogen (secondary N) is 1. The molecule has 0 aliphatic carbocycles. The van der Waals surface area contributed by atoms with Crippen LogP contribution in [0.25, 0.3) is 0 Å². The molecule has 0 aliphatic heterocycles. The Balaban J connectivity index is 2.90. The van der Waals surface area contributed by atoms with Crippen LogP contribution in [0, 0.1) is 0 Å². The third-order valence-electron chi connectivity index (χ3n) is 1.52. The zero-order chi connectivity index (χ0) is 11.6. The fraction of sp³-hybridized carbons (Fsp3) is 0.286. The number of halogens is 1. The Bertz CT molecular complexity index is 467. The zero-order valence-corrected chi connectivity index (χ0v) is 10.8. The van der Waals surface area contributed by atoms with Crippen LogP contribution in [0.4, 0.5) is 0 Å². The maximum atomic E-state index is 11.6. The van der Waals surface area contributed by atoms with E-state index >= 15 is 0 Å². The highest BCUT2D eigenvalue weighted by Crippen LogP contribution is 2.25. The summed E-state index contributed by atoms with van der Waals surface area (Å²) in [5, 5.41) is 8.56. The third-order valence-corrected chi connectivity index (χ3v) is 5.17. The van der Waals surface area contributed by atoms with Crippen LogP contribution < -0.4 is 4.72 Å². The van der Waals surface area contributed by atoms with E-state index in [0.29, 0.717) is 3.79 Å². The molecule has 0 aliphatic rings. The summed E-state index contributed by atoms with van der Waals surface area (Å²) in [6, 6.07) is 1.85. The average molecular weight is 314 g/mol. The van der Waals surface area contributed by atoms with Gasteiger partial charge in [-0.05, 0) is 35.0 Å². The first-order valence-electron chi connectivity index (χ1n) is 3.83. The Kier molecular flexibility index (Phi) is 3.87. The van der Waals surface area contributed by atoms with Gasteiger partial charge in [0.25, 0.3) is 10.0 Å². The van der Waals surface area contributed by atoms with Crippen molar-refractivity contribution in [1.82, 2.24) is 4.72 Å². The minimum absolute atomic E-state index is 0.0856. The predicted molar refractivity (Wildman–Crippen MR) is 59.4 cm³/mol. The van der Waals surface area contributed by atoms with E-state index in [-0.39, 0.29) is 4.21 Å². The number of aliphatic carboxylic acids is 1. The van der Waals surface area contributed by atoms with E-state index in [4.69, 9.17) is 5.11 Å². The third kappa shape index (κ3) is 3.26. The van der Waals surface area contributed by atoms with Gasteiger partial charge in [-0.25, -0.2) is 8.42 Å². The van der Waals surface area contributed by atoms with E-state index < -0.39 is 22.0 Å². The molecule has 0 radical (unpaired) electrons. The molecule has 1 aromatic heterocycles. The Hall–Kier alpha value is -0.440. The molecule has 0 saturated carbocycles. The number of carbonyl (C=O) groups is 1. The molecular formula is C7H8BrNO4S2. The van der Waals surface area contributed by atoms with Crippen molar-refractivity contribution in [1.29, 1.82) is 0 Å². The van der Waals surface area contributed by atoms with Crippen LogP contribution in [0.3, 0.4) is 0 Å². The van der Waals surface area contributed by atoms with Crippen molar-refractivity contribution < 1.29 is 18.3 Å². The quantitative estimate of drug-likeness (QED) is 0.876. The molecule has 8 heteroatoms. The molecule has 15 heavy (non-hydrogen) atoms. The Labute approximate surface area is 99.3 Å². The van der Waals surface area contributed by atoms with Gasteiger partial charge in [0.15, 0.2) is 0 Å². The molecule has 0 unspecified atom stereocenters. The van der Waals surface area contributed by atoms with Crippen molar-refractivity contribution in [2.24, 2.45) is 0 Å². The highest BCUT2D eigenvalue weighted by molar-refractivity contribution is 9.11. The Morgan fingerprint density at radius 2 is 2.20 bits per heavy atom. The van der Waals surface area contributed by atoms with Crippen molar-refractivity contribution in [3.8, 4) is 0 Å². The Morgan fingerprint density at radius 1 is 1.60 bits per heavy atom. The molecule has 1 atom stereocenters. The summed E-state index contributed by atoms with van der Waals surface area (Å²) < 4.78 is 26.0. The van der Waals surface area contributed by atoms with E-state index in [2.05, 4.69) is 15.9 Å². The summed E-state index contributed by atoms with van der Waals surface area (Å²) >= 11 is 4.15. The second-order valence-electron chi connectivity index (χ2n) is 2.74. The van der Waals surface area contributed by atoms with Gasteiger partial charge in [0.1, 0.15) is 10.3 Å². The summed E-state index contributed by atoms with van der Waals surface area (Å²) in [5.74, 6) is -1.21. The van der Waals surface area contributed by atoms with E-state index in [0.717, 1.165) is 11.3 Å². The van der Waals surface area contributed by atoms with Crippen LogP contribution in [0.1, 0.15) is 6.92 Å². The van der Waals surface area contributed by atoms with Gasteiger partial charge in [-0.2, -0.15) is 4.72 Å². The summed E-state index contributed by atoms with van der Waals surface area (Å²) in [6.07, 6.45) is 0. The molecular weight excluding hydrogens is 306 g/mol. The highest BCUT2D eigenvalue weighted by Gasteiger charge is 2.22. The normalized spacial score (nSPS) is 13.7. The number of hydrogen-bond donors (Lipinski definition) is 2. The molecule has 0 aromatic carbocycles. The second kappa shape index (κ2) is 4.60. The lowest BCUT2D eigenvalue weighted by molar-refractivity contribution is -0.138. The van der Waals surface area contributed by atoms with Crippen LogP contribution >= 0.6 is 27.3 Å². The van der Waals surface area contributed by atoms with Gasteiger partial charge >= 0.3 is 5.97 Å². The molecule has 0 spiro atoms. The van der Waals surface area contributed by atoms with Crippen LogP contribution in [0.2, 0.25) is 0 Å². The van der Waals surface area contributed by atoms with Crippen molar-refractivity contribution in [2.75, 3.05) is 0 Å². The van der Waals surface area contributed by atoms with Crippen LogP contribution in [-0.2, 0) is 14.8 Å². The number of thiophene rings is 1. The van der Waals surface area contributed by atoms with Gasteiger partial charge in [0.2, 0.25) is 0 Å². The minimum atomic E-state index is -3.73. The fourth-order valence-corrected chi connectivity index (χ4v) is 4.01. The fourth-order valence-electron chi connectivity index (χ4n) is 0.783. The highest BCUT2D eigenvalue weighted by atomic mass is 79.9. The van der Waals surface area contributed by atoms with Gasteiger partial charge < -0.3 is 5.11 Å². The summed E-state index contributed by atoms with van der Waals surface area (Å²) in [7, 11) is -3.73. The Morgan fingerprint density at radius 3 is 2.60 bits per heavy atom. The minimum Gasteiger partial charge on any atom is -0.480 e. The summed E-state index contributed by atoms with van der Waals surface area (Å²) in [5.41, 5.74) is 0. The molecule has 0 bridgehead atoms. The lowest BCUT2D eigenvalue weighted by Gasteiger charge is -2.07. The van der Waals surface area contributed by atoms with Crippen LogP contribution in [-0.4, -0.2) is 25.5 Å². The number of sulfonamides is 1. The van der Waals surface area contributed by atoms with Crippen molar-refractivity contribution >= 4 is 43.3 Å². The molecule has 0 saturated heterocycles. The number of hydrogen-bond acceptors (Lipinski definition) is 4. The van der Waals surface area contributed by atoms with E-state index in [1.165, 1.54) is 13.0 Å². The van der Waals surface area contributed by atoms with Gasteiger partial charge in [0, 0.05) is 0 Å². The van der Waals surface area contributed by atoms with Crippen molar-refractivity contribution in [3.63, 3.8) is 0 Å². The van der Waals surface area contributed by atoms with Gasteiger partial charge in [-0.1, -0.05) is 0 Å². The van der Waals surface area contributed by atoms with E-state index in [1.54, 1.807) is 6.07 Å². The topological polar surface area (TPSA) is 83.5 Å². The van der Waals surface area contributed by atoms with Crippen LogP contribution in [0.5, 0.6) is 0 Å². The zero-order valence-electron chi connectivity index (χ0n) is 7.60. The smallest absolute Gasteiger partial charge is 0.321 e. The van der Waals surface area contributed by atoms with Gasteiger partial charge in [-0.3, -0.25) is 4.79 Å². The lowest BCUT2D eigenvalue weighted by Crippen LogP contribution is -2.37. The second-order valence-corrected chi connectivity index (χ2v) is 7.14. The number of carboxylic acid groups (broad SMARTS) is 1. The molecule has 0 amide bonds. The van der Waals surface area contributed by atoms with Gasteiger partial charge in [-0.15, -0.1) is 11.3 Å². The predicted octanol–water partition coefficient (Wildman–Crippen LogP) is 1.26. The first-order chi connectivity index (χ1) is 6.83. The number of carboxylic acids is 1. The maximum Gasteiger partial charge on any atom is 0.321 e. The van der Waals surface area contributed by atoms with Crippen LogP contribution in [0.15, 0.2) is 20.1 Å². The van der Waals surface area contributed by atoms with Gasteiger partial charge in [0.05, 0.1) is 3.79 Å². The first-order valence-corrected chi connectivity index (χ1v) is 6.92. The molecule has 1 rings (SSSR count). The monoisotopic (exact) mass is 313 g/mol. The SMILES string of the molecule is C[C@@H](NS(=O)(=O)c1ccc(Br)s1)C(=O)O.